The Morgan fingerprint density at radius 1 is 1.27 bits per heavy atom. The first kappa shape index (κ1) is 11.9. The van der Waals surface area contributed by atoms with Crippen molar-refractivity contribution in [2.75, 3.05) is 0 Å². The van der Waals surface area contributed by atoms with E-state index in [1.165, 1.54) is 6.07 Å². The van der Waals surface area contributed by atoms with E-state index in [1.807, 2.05) is 19.9 Å². The fraction of sp³-hybridized carbons (Fsp3) is 0.273. The predicted octanol–water partition coefficient (Wildman–Crippen LogP) is 2.00. The molecule has 0 aromatic heterocycles. The van der Waals surface area contributed by atoms with Crippen LogP contribution in [0, 0.1) is 5.92 Å². The van der Waals surface area contributed by atoms with Gasteiger partial charge in [-0.2, -0.15) is 0 Å². The molecule has 0 fully saturated rings. The molecular formula is C11H15NO2S. The zero-order valence-corrected chi connectivity index (χ0v) is 9.66. The highest BCUT2D eigenvalue weighted by molar-refractivity contribution is 7.89. The van der Waals surface area contributed by atoms with Crippen LogP contribution in [-0.4, -0.2) is 8.42 Å². The number of sulfonamides is 1. The van der Waals surface area contributed by atoms with Crippen LogP contribution in [0.3, 0.4) is 0 Å². The molecule has 0 aliphatic heterocycles. The molecule has 0 heterocycles. The van der Waals surface area contributed by atoms with Gasteiger partial charge in [0.2, 0.25) is 10.0 Å². The lowest BCUT2D eigenvalue weighted by Crippen LogP contribution is -2.13. The molecular weight excluding hydrogens is 210 g/mol. The largest absolute Gasteiger partial charge is 0.238 e. The van der Waals surface area contributed by atoms with E-state index in [1.54, 1.807) is 24.3 Å². The van der Waals surface area contributed by atoms with Crippen LogP contribution in [0.5, 0.6) is 0 Å². The van der Waals surface area contributed by atoms with Crippen LogP contribution in [-0.2, 0) is 10.0 Å². The first-order chi connectivity index (χ1) is 6.91. The molecule has 0 saturated carbocycles. The Bertz CT molecular complexity index is 461. The predicted molar refractivity (Wildman–Crippen MR) is 61.7 cm³/mol. The lowest BCUT2D eigenvalue weighted by Gasteiger charge is -2.03. The van der Waals surface area contributed by atoms with Gasteiger partial charge in [0.25, 0.3) is 0 Å². The van der Waals surface area contributed by atoms with E-state index >= 15 is 0 Å². The number of nitrogens with two attached hydrogens (primary N) is 1. The fourth-order valence-electron chi connectivity index (χ4n) is 1.17. The molecule has 0 radical (unpaired) electrons. The van der Waals surface area contributed by atoms with Gasteiger partial charge in [-0.3, -0.25) is 0 Å². The standard InChI is InChI=1S/C11H15NO2S/c1-9(2)7-8-10-5-3-4-6-11(10)15(12,13)14/h3-9H,1-2H3,(H2,12,13,14). The minimum Gasteiger partial charge on any atom is -0.225 e. The molecule has 1 aromatic rings. The van der Waals surface area contributed by atoms with Gasteiger partial charge in [0, 0.05) is 0 Å². The number of rotatable bonds is 3. The van der Waals surface area contributed by atoms with Gasteiger partial charge < -0.3 is 0 Å². The summed E-state index contributed by atoms with van der Waals surface area (Å²) in [6.07, 6.45) is 3.72. The number of primary sulfonamides is 1. The summed E-state index contributed by atoms with van der Waals surface area (Å²) < 4.78 is 22.5. The summed E-state index contributed by atoms with van der Waals surface area (Å²) in [6, 6.07) is 6.69. The van der Waals surface area contributed by atoms with Crippen molar-refractivity contribution in [3.63, 3.8) is 0 Å². The molecule has 1 aromatic carbocycles. The molecule has 0 unspecified atom stereocenters. The first-order valence-corrected chi connectivity index (χ1v) is 6.26. The molecule has 0 spiro atoms. The van der Waals surface area contributed by atoms with Crippen molar-refractivity contribution in [1.29, 1.82) is 0 Å². The average Bonchev–Trinajstić information content (AvgIpc) is 2.13. The number of benzene rings is 1. The number of hydrogen-bond donors (Lipinski definition) is 1. The van der Waals surface area contributed by atoms with E-state index in [2.05, 4.69) is 0 Å². The fourth-order valence-corrected chi connectivity index (χ4v) is 1.91. The monoisotopic (exact) mass is 225 g/mol. The van der Waals surface area contributed by atoms with Gasteiger partial charge in [-0.15, -0.1) is 0 Å². The molecule has 0 bridgehead atoms. The minimum atomic E-state index is -3.63. The van der Waals surface area contributed by atoms with Crippen LogP contribution in [0.1, 0.15) is 19.4 Å². The highest BCUT2D eigenvalue weighted by Gasteiger charge is 2.10. The third-order valence-corrected chi connectivity index (χ3v) is 2.87. The molecule has 0 amide bonds. The Kier molecular flexibility index (Phi) is 3.66. The molecule has 0 aliphatic rings. The Morgan fingerprint density at radius 3 is 2.40 bits per heavy atom. The van der Waals surface area contributed by atoms with E-state index in [4.69, 9.17) is 5.14 Å². The topological polar surface area (TPSA) is 60.2 Å². The maximum Gasteiger partial charge on any atom is 0.238 e. The summed E-state index contributed by atoms with van der Waals surface area (Å²) in [5.74, 6) is 0.374. The van der Waals surface area contributed by atoms with E-state index in [0.717, 1.165) is 0 Å². The average molecular weight is 225 g/mol. The third-order valence-electron chi connectivity index (χ3n) is 1.89. The van der Waals surface area contributed by atoms with Gasteiger partial charge in [-0.25, -0.2) is 13.6 Å². The summed E-state index contributed by atoms with van der Waals surface area (Å²) in [5.41, 5.74) is 0.633. The SMILES string of the molecule is CC(C)C=Cc1ccccc1S(N)(=O)=O. The van der Waals surface area contributed by atoms with Gasteiger partial charge in [-0.1, -0.05) is 44.2 Å². The summed E-state index contributed by atoms with van der Waals surface area (Å²) in [5, 5.41) is 5.10. The van der Waals surface area contributed by atoms with Crippen molar-refractivity contribution >= 4 is 16.1 Å². The molecule has 0 atom stereocenters. The van der Waals surface area contributed by atoms with Crippen LogP contribution in [0.15, 0.2) is 35.2 Å². The van der Waals surface area contributed by atoms with Gasteiger partial charge in [0.15, 0.2) is 0 Å². The lowest BCUT2D eigenvalue weighted by atomic mass is 10.1. The molecule has 15 heavy (non-hydrogen) atoms. The Balaban J connectivity index is 3.19. The molecule has 82 valence electrons. The maximum absolute atomic E-state index is 11.2. The molecule has 4 heteroatoms. The third kappa shape index (κ3) is 3.49. The summed E-state index contributed by atoms with van der Waals surface area (Å²) >= 11 is 0. The summed E-state index contributed by atoms with van der Waals surface area (Å²) in [6.45, 7) is 4.05. The van der Waals surface area contributed by atoms with Crippen LogP contribution in [0.4, 0.5) is 0 Å². The zero-order valence-electron chi connectivity index (χ0n) is 8.84. The van der Waals surface area contributed by atoms with Crippen molar-refractivity contribution in [2.24, 2.45) is 11.1 Å². The Morgan fingerprint density at radius 2 is 1.87 bits per heavy atom. The number of allylic oxidation sites excluding steroid dienone is 1. The van der Waals surface area contributed by atoms with Crippen molar-refractivity contribution in [2.45, 2.75) is 18.7 Å². The van der Waals surface area contributed by atoms with Crippen LogP contribution in [0.25, 0.3) is 6.08 Å². The smallest absolute Gasteiger partial charge is 0.225 e. The van der Waals surface area contributed by atoms with E-state index in [9.17, 15) is 8.42 Å². The summed E-state index contributed by atoms with van der Waals surface area (Å²) in [7, 11) is -3.63. The van der Waals surface area contributed by atoms with Gasteiger partial charge in [-0.05, 0) is 17.5 Å². The molecule has 0 aliphatic carbocycles. The van der Waals surface area contributed by atoms with E-state index < -0.39 is 10.0 Å². The zero-order chi connectivity index (χ0) is 11.5. The normalized spacial score (nSPS) is 12.5. The van der Waals surface area contributed by atoms with Crippen LogP contribution < -0.4 is 5.14 Å². The first-order valence-electron chi connectivity index (χ1n) is 4.71. The molecule has 3 nitrogen and oxygen atoms in total. The molecule has 2 N–H and O–H groups in total. The van der Waals surface area contributed by atoms with E-state index in [0.29, 0.717) is 11.5 Å². The molecule has 0 saturated heterocycles. The van der Waals surface area contributed by atoms with Crippen molar-refractivity contribution in [3.8, 4) is 0 Å². The van der Waals surface area contributed by atoms with Crippen molar-refractivity contribution < 1.29 is 8.42 Å². The minimum absolute atomic E-state index is 0.168. The second-order valence-corrected chi connectivity index (χ2v) is 5.22. The lowest BCUT2D eigenvalue weighted by molar-refractivity contribution is 0.597. The van der Waals surface area contributed by atoms with E-state index in [-0.39, 0.29) is 4.90 Å². The summed E-state index contributed by atoms with van der Waals surface area (Å²) in [4.78, 5) is 0.168. The van der Waals surface area contributed by atoms with Crippen LogP contribution in [0.2, 0.25) is 0 Å². The van der Waals surface area contributed by atoms with Gasteiger partial charge in [0.05, 0.1) is 4.90 Å². The second kappa shape index (κ2) is 4.59. The second-order valence-electron chi connectivity index (χ2n) is 3.69. The highest BCUT2D eigenvalue weighted by Crippen LogP contribution is 2.15. The Labute approximate surface area is 90.7 Å². The maximum atomic E-state index is 11.2. The van der Waals surface area contributed by atoms with Gasteiger partial charge >= 0.3 is 0 Å². The quantitative estimate of drug-likeness (QED) is 0.855. The van der Waals surface area contributed by atoms with Crippen LogP contribution >= 0.6 is 0 Å². The highest BCUT2D eigenvalue weighted by atomic mass is 32.2. The van der Waals surface area contributed by atoms with Gasteiger partial charge in [0.1, 0.15) is 0 Å². The van der Waals surface area contributed by atoms with Crippen molar-refractivity contribution in [1.82, 2.24) is 0 Å². The molecule has 1 rings (SSSR count). The Hall–Kier alpha value is -1.13. The van der Waals surface area contributed by atoms with Crippen molar-refractivity contribution in [3.05, 3.63) is 35.9 Å². The number of hydrogen-bond acceptors (Lipinski definition) is 2.